The summed E-state index contributed by atoms with van der Waals surface area (Å²) in [5.74, 6) is -1.00. The molecule has 4 rings (SSSR count). The van der Waals surface area contributed by atoms with E-state index in [9.17, 15) is 14.7 Å². The van der Waals surface area contributed by atoms with Crippen molar-refractivity contribution in [2.24, 2.45) is 0 Å². The first-order chi connectivity index (χ1) is 14.8. The van der Waals surface area contributed by atoms with Gasteiger partial charge in [0.05, 0.1) is 12.7 Å². The first-order valence-corrected chi connectivity index (χ1v) is 10.9. The van der Waals surface area contributed by atoms with Crippen LogP contribution in [0, 0.1) is 13.8 Å². The van der Waals surface area contributed by atoms with Gasteiger partial charge in [-0.1, -0.05) is 23.7 Å². The van der Waals surface area contributed by atoms with E-state index in [2.05, 4.69) is 0 Å². The monoisotopic (exact) mass is 453 g/mol. The third-order valence-electron chi connectivity index (χ3n) is 5.44. The number of nitrogens with zero attached hydrogens (tertiary/aromatic N) is 1. The predicted octanol–water partition coefficient (Wildman–Crippen LogP) is 5.65. The Morgan fingerprint density at radius 1 is 1.13 bits per heavy atom. The Kier molecular flexibility index (Phi) is 5.60. The van der Waals surface area contributed by atoms with E-state index in [0.717, 1.165) is 10.4 Å². The average Bonchev–Trinajstić information content (AvgIpc) is 3.37. The highest BCUT2D eigenvalue weighted by atomic mass is 35.5. The van der Waals surface area contributed by atoms with Gasteiger partial charge < -0.3 is 9.84 Å². The summed E-state index contributed by atoms with van der Waals surface area (Å²) in [7, 11) is 1.56. The molecule has 2 heterocycles. The molecule has 0 spiro atoms. The molecule has 1 atom stereocenters. The molecule has 3 aromatic rings. The Morgan fingerprint density at radius 2 is 1.90 bits per heavy atom. The van der Waals surface area contributed by atoms with E-state index in [-0.39, 0.29) is 11.3 Å². The summed E-state index contributed by atoms with van der Waals surface area (Å²) in [6.45, 7) is 3.62. The van der Waals surface area contributed by atoms with Gasteiger partial charge in [-0.3, -0.25) is 14.5 Å². The number of Topliss-reactive ketones (excluding diaryl/α,β-unsaturated/α-hetero) is 1. The topological polar surface area (TPSA) is 66.8 Å². The molecule has 1 aromatic heterocycles. The smallest absolute Gasteiger partial charge is 0.300 e. The van der Waals surface area contributed by atoms with Crippen LogP contribution < -0.4 is 9.64 Å². The lowest BCUT2D eigenvalue weighted by atomic mass is 9.97. The van der Waals surface area contributed by atoms with Crippen LogP contribution >= 0.6 is 22.9 Å². The Labute approximate surface area is 189 Å². The Morgan fingerprint density at radius 3 is 2.55 bits per heavy atom. The van der Waals surface area contributed by atoms with Crippen molar-refractivity contribution in [2.75, 3.05) is 12.0 Å². The number of carbonyl (C=O) groups excluding carboxylic acids is 2. The van der Waals surface area contributed by atoms with Gasteiger partial charge in [0.15, 0.2) is 0 Å². The molecule has 0 saturated carbocycles. The lowest BCUT2D eigenvalue weighted by Crippen LogP contribution is -2.29. The molecule has 0 aliphatic carbocycles. The van der Waals surface area contributed by atoms with E-state index in [1.807, 2.05) is 24.4 Å². The second-order valence-corrected chi connectivity index (χ2v) is 8.64. The van der Waals surface area contributed by atoms with Crippen LogP contribution in [0.5, 0.6) is 5.75 Å². The molecule has 7 heteroatoms. The highest BCUT2D eigenvalue weighted by Gasteiger charge is 2.48. The standard InChI is InChI=1S/C24H20ClNO4S/c1-13-12-15(30-3)9-10-16(13)22(27)20-21(19-8-5-11-31-19)26(24(29)23(20)28)18-7-4-6-17(25)14(18)2/h4-12,21,27H,1-3H3/b22-20-. The van der Waals surface area contributed by atoms with Crippen LogP contribution in [0.1, 0.15) is 27.6 Å². The summed E-state index contributed by atoms with van der Waals surface area (Å²) >= 11 is 7.71. The van der Waals surface area contributed by atoms with Crippen molar-refractivity contribution >= 4 is 46.1 Å². The molecule has 1 aliphatic rings. The van der Waals surface area contributed by atoms with Crippen molar-refractivity contribution in [3.05, 3.63) is 86.1 Å². The number of halogens is 1. The van der Waals surface area contributed by atoms with Gasteiger partial charge in [-0.05, 0) is 66.8 Å². The van der Waals surface area contributed by atoms with Crippen LogP contribution in [0.2, 0.25) is 5.02 Å². The highest BCUT2D eigenvalue weighted by molar-refractivity contribution is 7.10. The zero-order valence-corrected chi connectivity index (χ0v) is 18.8. The van der Waals surface area contributed by atoms with Crippen molar-refractivity contribution in [1.29, 1.82) is 0 Å². The molecule has 0 bridgehead atoms. The minimum atomic E-state index is -0.751. The number of aryl methyl sites for hydroxylation is 1. The molecule has 31 heavy (non-hydrogen) atoms. The number of benzene rings is 2. The summed E-state index contributed by atoms with van der Waals surface area (Å²) < 4.78 is 5.23. The number of methoxy groups -OCH3 is 1. The van der Waals surface area contributed by atoms with Gasteiger partial charge in [-0.25, -0.2) is 0 Å². The summed E-state index contributed by atoms with van der Waals surface area (Å²) in [5.41, 5.74) is 2.49. The molecule has 0 radical (unpaired) electrons. The van der Waals surface area contributed by atoms with E-state index in [4.69, 9.17) is 16.3 Å². The van der Waals surface area contributed by atoms with Gasteiger partial charge in [0, 0.05) is 21.2 Å². The fourth-order valence-electron chi connectivity index (χ4n) is 3.83. The number of hydrogen-bond acceptors (Lipinski definition) is 5. The SMILES string of the molecule is COc1ccc(/C(O)=C2/C(=O)C(=O)N(c3cccc(Cl)c3C)C2c2cccs2)c(C)c1. The quantitative estimate of drug-likeness (QED) is 0.315. The van der Waals surface area contributed by atoms with Crippen molar-refractivity contribution in [3.8, 4) is 5.75 Å². The van der Waals surface area contributed by atoms with Gasteiger partial charge in [0.1, 0.15) is 17.6 Å². The maximum Gasteiger partial charge on any atom is 0.300 e. The van der Waals surface area contributed by atoms with Crippen LogP contribution in [0.15, 0.2) is 59.5 Å². The second-order valence-electron chi connectivity index (χ2n) is 7.25. The van der Waals surface area contributed by atoms with Crippen LogP contribution in [0.25, 0.3) is 5.76 Å². The van der Waals surface area contributed by atoms with Crippen molar-refractivity contribution in [3.63, 3.8) is 0 Å². The number of hydrogen-bond donors (Lipinski definition) is 1. The van der Waals surface area contributed by atoms with Crippen molar-refractivity contribution in [2.45, 2.75) is 19.9 Å². The number of ketones is 1. The summed E-state index contributed by atoms with van der Waals surface area (Å²) in [4.78, 5) is 28.6. The predicted molar refractivity (Wildman–Crippen MR) is 123 cm³/mol. The number of aliphatic hydroxyl groups is 1. The number of rotatable bonds is 4. The van der Waals surface area contributed by atoms with E-state index in [1.165, 1.54) is 16.2 Å². The molecule has 2 aromatic carbocycles. The molecule has 1 saturated heterocycles. The first-order valence-electron chi connectivity index (χ1n) is 9.59. The minimum absolute atomic E-state index is 0.0556. The number of aliphatic hydroxyl groups excluding tert-OH is 1. The van der Waals surface area contributed by atoms with Crippen LogP contribution in [-0.4, -0.2) is 23.9 Å². The van der Waals surface area contributed by atoms with Crippen molar-refractivity contribution in [1.82, 2.24) is 0 Å². The molecule has 1 N–H and O–H groups in total. The minimum Gasteiger partial charge on any atom is -0.507 e. The van der Waals surface area contributed by atoms with Crippen LogP contribution in [0.4, 0.5) is 5.69 Å². The zero-order valence-electron chi connectivity index (χ0n) is 17.2. The van der Waals surface area contributed by atoms with Gasteiger partial charge in [0.25, 0.3) is 11.7 Å². The van der Waals surface area contributed by atoms with E-state index < -0.39 is 17.7 Å². The summed E-state index contributed by atoms with van der Waals surface area (Å²) in [5, 5.41) is 13.6. The molecular formula is C24H20ClNO4S. The highest BCUT2D eigenvalue weighted by Crippen LogP contribution is 2.45. The molecule has 1 unspecified atom stereocenters. The fraction of sp³-hybridized carbons (Fsp3) is 0.167. The van der Waals surface area contributed by atoms with E-state index >= 15 is 0 Å². The van der Waals surface area contributed by atoms with E-state index in [1.54, 1.807) is 50.4 Å². The molecule has 1 amide bonds. The lowest BCUT2D eigenvalue weighted by molar-refractivity contribution is -0.132. The summed E-state index contributed by atoms with van der Waals surface area (Å²) in [6, 6.07) is 13.3. The number of carbonyl (C=O) groups is 2. The second kappa shape index (κ2) is 8.21. The van der Waals surface area contributed by atoms with Crippen LogP contribution in [-0.2, 0) is 9.59 Å². The van der Waals surface area contributed by atoms with Gasteiger partial charge in [0.2, 0.25) is 0 Å². The van der Waals surface area contributed by atoms with Crippen LogP contribution in [0.3, 0.4) is 0 Å². The fourth-order valence-corrected chi connectivity index (χ4v) is 4.82. The number of ether oxygens (including phenoxy) is 1. The third kappa shape index (κ3) is 3.52. The lowest BCUT2D eigenvalue weighted by Gasteiger charge is -2.26. The Hall–Kier alpha value is -3.09. The van der Waals surface area contributed by atoms with Crippen molar-refractivity contribution < 1.29 is 19.4 Å². The maximum atomic E-state index is 13.2. The number of amides is 1. The number of anilines is 1. The molecule has 1 aliphatic heterocycles. The largest absolute Gasteiger partial charge is 0.507 e. The third-order valence-corrected chi connectivity index (χ3v) is 6.78. The molecule has 5 nitrogen and oxygen atoms in total. The molecular weight excluding hydrogens is 434 g/mol. The maximum absolute atomic E-state index is 13.2. The molecule has 158 valence electrons. The van der Waals surface area contributed by atoms with Gasteiger partial charge >= 0.3 is 0 Å². The van der Waals surface area contributed by atoms with Gasteiger partial charge in [-0.2, -0.15) is 0 Å². The number of thiophene rings is 1. The average molecular weight is 454 g/mol. The van der Waals surface area contributed by atoms with E-state index in [0.29, 0.717) is 27.6 Å². The van der Waals surface area contributed by atoms with Gasteiger partial charge in [-0.15, -0.1) is 11.3 Å². The Bertz CT molecular complexity index is 1220. The zero-order chi connectivity index (χ0) is 22.3. The Balaban J connectivity index is 1.96. The first kappa shape index (κ1) is 21.2. The normalized spacial score (nSPS) is 17.9. The molecule has 1 fully saturated rings. The summed E-state index contributed by atoms with van der Waals surface area (Å²) in [6.07, 6.45) is 0.